The SMILES string of the molecule is CCc1ccc(CNCC(C)(C)NC)s1. The number of aryl methyl sites for hydroxylation is 1. The van der Waals surface area contributed by atoms with Crippen molar-refractivity contribution in [2.75, 3.05) is 13.6 Å². The van der Waals surface area contributed by atoms with Gasteiger partial charge >= 0.3 is 0 Å². The lowest BCUT2D eigenvalue weighted by Gasteiger charge is -2.24. The van der Waals surface area contributed by atoms with Crippen molar-refractivity contribution in [1.29, 1.82) is 0 Å². The van der Waals surface area contributed by atoms with Crippen LogP contribution in [0.3, 0.4) is 0 Å². The predicted octanol–water partition coefficient (Wildman–Crippen LogP) is 2.40. The molecule has 0 unspecified atom stereocenters. The third-order valence-electron chi connectivity index (χ3n) is 2.61. The number of likely N-dealkylation sites (N-methyl/N-ethyl adjacent to an activating group) is 1. The van der Waals surface area contributed by atoms with Gasteiger partial charge in [0, 0.05) is 28.4 Å². The zero-order chi connectivity index (χ0) is 11.3. The van der Waals surface area contributed by atoms with Crippen molar-refractivity contribution < 1.29 is 0 Å². The van der Waals surface area contributed by atoms with Gasteiger partial charge in [-0.2, -0.15) is 0 Å². The average Bonchev–Trinajstić information content (AvgIpc) is 2.66. The second-order valence-electron chi connectivity index (χ2n) is 4.46. The van der Waals surface area contributed by atoms with Gasteiger partial charge in [-0.3, -0.25) is 0 Å². The quantitative estimate of drug-likeness (QED) is 0.778. The molecule has 0 aliphatic rings. The van der Waals surface area contributed by atoms with Crippen LogP contribution in [0.1, 0.15) is 30.5 Å². The van der Waals surface area contributed by atoms with Crippen LogP contribution in [0.15, 0.2) is 12.1 Å². The molecule has 2 N–H and O–H groups in total. The minimum Gasteiger partial charge on any atom is -0.314 e. The smallest absolute Gasteiger partial charge is 0.0300 e. The summed E-state index contributed by atoms with van der Waals surface area (Å²) >= 11 is 1.91. The molecule has 1 heterocycles. The first kappa shape index (κ1) is 12.7. The molecule has 15 heavy (non-hydrogen) atoms. The van der Waals surface area contributed by atoms with Crippen molar-refractivity contribution in [3.63, 3.8) is 0 Å². The number of thiophene rings is 1. The Bertz CT molecular complexity index is 292. The largest absolute Gasteiger partial charge is 0.314 e. The maximum Gasteiger partial charge on any atom is 0.0300 e. The molecule has 0 aromatic carbocycles. The lowest BCUT2D eigenvalue weighted by Crippen LogP contribution is -2.45. The van der Waals surface area contributed by atoms with Gasteiger partial charge in [0.1, 0.15) is 0 Å². The fraction of sp³-hybridized carbons (Fsp3) is 0.667. The molecule has 0 radical (unpaired) electrons. The Morgan fingerprint density at radius 3 is 2.47 bits per heavy atom. The molecule has 86 valence electrons. The maximum atomic E-state index is 3.48. The summed E-state index contributed by atoms with van der Waals surface area (Å²) in [6.07, 6.45) is 1.15. The van der Waals surface area contributed by atoms with Crippen LogP contribution in [-0.2, 0) is 13.0 Å². The normalized spacial score (nSPS) is 12.0. The monoisotopic (exact) mass is 226 g/mol. The molecule has 0 saturated carbocycles. The minimum absolute atomic E-state index is 0.171. The van der Waals surface area contributed by atoms with E-state index < -0.39 is 0 Å². The van der Waals surface area contributed by atoms with Gasteiger partial charge in [-0.15, -0.1) is 11.3 Å². The molecule has 0 saturated heterocycles. The van der Waals surface area contributed by atoms with Crippen molar-refractivity contribution in [1.82, 2.24) is 10.6 Å². The molecule has 0 fully saturated rings. The van der Waals surface area contributed by atoms with E-state index >= 15 is 0 Å². The van der Waals surface area contributed by atoms with Crippen LogP contribution in [0.2, 0.25) is 0 Å². The lowest BCUT2D eigenvalue weighted by molar-refractivity contribution is 0.394. The predicted molar refractivity (Wildman–Crippen MR) is 68.5 cm³/mol. The van der Waals surface area contributed by atoms with E-state index in [0.29, 0.717) is 0 Å². The summed E-state index contributed by atoms with van der Waals surface area (Å²) in [7, 11) is 2.00. The molecule has 0 atom stereocenters. The lowest BCUT2D eigenvalue weighted by atomic mass is 10.1. The summed E-state index contributed by atoms with van der Waals surface area (Å²) in [5.74, 6) is 0. The number of nitrogens with one attached hydrogen (secondary N) is 2. The van der Waals surface area contributed by atoms with Crippen LogP contribution in [0.5, 0.6) is 0 Å². The van der Waals surface area contributed by atoms with Gasteiger partial charge in [0.25, 0.3) is 0 Å². The summed E-state index contributed by atoms with van der Waals surface area (Å²) in [4.78, 5) is 2.90. The van der Waals surface area contributed by atoms with Gasteiger partial charge in [-0.05, 0) is 39.4 Å². The van der Waals surface area contributed by atoms with E-state index in [1.165, 1.54) is 9.75 Å². The molecule has 0 bridgehead atoms. The van der Waals surface area contributed by atoms with E-state index in [9.17, 15) is 0 Å². The third kappa shape index (κ3) is 4.33. The number of hydrogen-bond acceptors (Lipinski definition) is 3. The highest BCUT2D eigenvalue weighted by Crippen LogP contribution is 2.16. The number of hydrogen-bond donors (Lipinski definition) is 2. The zero-order valence-corrected chi connectivity index (χ0v) is 11.0. The average molecular weight is 226 g/mol. The second-order valence-corrected chi connectivity index (χ2v) is 5.71. The van der Waals surface area contributed by atoms with E-state index in [0.717, 1.165) is 19.5 Å². The van der Waals surface area contributed by atoms with Crippen LogP contribution >= 0.6 is 11.3 Å². The summed E-state index contributed by atoms with van der Waals surface area (Å²) in [5, 5.41) is 6.76. The van der Waals surface area contributed by atoms with Gasteiger partial charge < -0.3 is 10.6 Å². The molecule has 1 rings (SSSR count). The highest BCUT2D eigenvalue weighted by Gasteiger charge is 2.13. The molecular weight excluding hydrogens is 204 g/mol. The van der Waals surface area contributed by atoms with Crippen molar-refractivity contribution in [2.24, 2.45) is 0 Å². The molecule has 0 spiro atoms. The molecule has 2 nitrogen and oxygen atoms in total. The minimum atomic E-state index is 0.171. The first-order valence-electron chi connectivity index (χ1n) is 5.54. The van der Waals surface area contributed by atoms with Crippen LogP contribution in [0.25, 0.3) is 0 Å². The van der Waals surface area contributed by atoms with Gasteiger partial charge in [0.2, 0.25) is 0 Å². The zero-order valence-electron chi connectivity index (χ0n) is 10.2. The third-order valence-corrected chi connectivity index (χ3v) is 3.84. The molecule has 0 amide bonds. The van der Waals surface area contributed by atoms with E-state index in [1.54, 1.807) is 0 Å². The van der Waals surface area contributed by atoms with Crippen molar-refractivity contribution in [3.8, 4) is 0 Å². The van der Waals surface area contributed by atoms with Crippen LogP contribution in [-0.4, -0.2) is 19.1 Å². The Balaban J connectivity index is 2.31. The topological polar surface area (TPSA) is 24.1 Å². The van der Waals surface area contributed by atoms with Gasteiger partial charge in [-0.25, -0.2) is 0 Å². The molecule has 0 aliphatic carbocycles. The Labute approximate surface area is 97.1 Å². The summed E-state index contributed by atoms with van der Waals surface area (Å²) < 4.78 is 0. The maximum absolute atomic E-state index is 3.48. The van der Waals surface area contributed by atoms with Crippen molar-refractivity contribution in [3.05, 3.63) is 21.9 Å². The van der Waals surface area contributed by atoms with E-state index in [1.807, 2.05) is 18.4 Å². The van der Waals surface area contributed by atoms with Crippen LogP contribution in [0.4, 0.5) is 0 Å². The Hall–Kier alpha value is -0.380. The summed E-state index contributed by atoms with van der Waals surface area (Å²) in [6.45, 7) is 8.57. The molecule has 0 aliphatic heterocycles. The second kappa shape index (κ2) is 5.64. The fourth-order valence-electron chi connectivity index (χ4n) is 1.29. The first-order valence-corrected chi connectivity index (χ1v) is 6.36. The van der Waals surface area contributed by atoms with Gasteiger partial charge in [-0.1, -0.05) is 6.92 Å². The van der Waals surface area contributed by atoms with E-state index in [2.05, 4.69) is 43.5 Å². The van der Waals surface area contributed by atoms with Crippen LogP contribution < -0.4 is 10.6 Å². The number of rotatable bonds is 6. The Kier molecular flexibility index (Phi) is 4.77. The van der Waals surface area contributed by atoms with Gasteiger partial charge in [0.15, 0.2) is 0 Å². The van der Waals surface area contributed by atoms with Gasteiger partial charge in [0.05, 0.1) is 0 Å². The van der Waals surface area contributed by atoms with Crippen molar-refractivity contribution >= 4 is 11.3 Å². The van der Waals surface area contributed by atoms with E-state index in [4.69, 9.17) is 0 Å². The molecule has 1 aromatic rings. The molecule has 1 aromatic heterocycles. The standard InChI is InChI=1S/C12H22N2S/c1-5-10-6-7-11(15-10)8-14-9-12(2,3)13-4/h6-7,13-14H,5,8-9H2,1-4H3. The van der Waals surface area contributed by atoms with Crippen LogP contribution in [0, 0.1) is 0 Å². The van der Waals surface area contributed by atoms with Crippen molar-refractivity contribution in [2.45, 2.75) is 39.3 Å². The highest BCUT2D eigenvalue weighted by molar-refractivity contribution is 7.11. The Morgan fingerprint density at radius 2 is 1.93 bits per heavy atom. The summed E-state index contributed by atoms with van der Waals surface area (Å²) in [5.41, 5.74) is 0.171. The van der Waals surface area contributed by atoms with E-state index in [-0.39, 0.29) is 5.54 Å². The first-order chi connectivity index (χ1) is 7.07. The fourth-order valence-corrected chi connectivity index (χ4v) is 2.22. The Morgan fingerprint density at radius 1 is 1.27 bits per heavy atom. The summed E-state index contributed by atoms with van der Waals surface area (Å²) in [6, 6.07) is 4.45. The molecular formula is C12H22N2S. The molecule has 3 heteroatoms. The highest BCUT2D eigenvalue weighted by atomic mass is 32.1.